The monoisotopic (exact) mass is 533 g/mol. The minimum absolute atomic E-state index is 0.0597. The molecule has 1 aromatic heterocycles. The molecule has 1 N–H and O–H groups in total. The highest BCUT2D eigenvalue weighted by molar-refractivity contribution is 6.30. The third-order valence-corrected chi connectivity index (χ3v) is 6.18. The van der Waals surface area contributed by atoms with Crippen LogP contribution in [0.5, 0.6) is 5.88 Å². The predicted octanol–water partition coefficient (Wildman–Crippen LogP) is 6.63. The molecule has 0 saturated carbocycles. The van der Waals surface area contributed by atoms with Crippen molar-refractivity contribution < 1.29 is 27.1 Å². The standard InChI is InChI=1S/C27H24ClF4N3O2/c1-16(18-4-7-21(28)8-5-18)23(19-10-17(13-33)11-22(29)12-19)15-35-25(36)26(2,3)37-24-9-6-20(14-34-24)27(30,31)32/h4-12,14,16,23H,15H2,1-3H3,(H,35,36). The van der Waals surface area contributed by atoms with Gasteiger partial charge in [0.25, 0.3) is 5.91 Å². The quantitative estimate of drug-likeness (QED) is 0.330. The summed E-state index contributed by atoms with van der Waals surface area (Å²) < 4.78 is 58.2. The van der Waals surface area contributed by atoms with Gasteiger partial charge in [-0.3, -0.25) is 4.79 Å². The lowest BCUT2D eigenvalue weighted by atomic mass is 9.82. The van der Waals surface area contributed by atoms with Gasteiger partial charge in [0, 0.05) is 29.7 Å². The summed E-state index contributed by atoms with van der Waals surface area (Å²) in [7, 11) is 0. The van der Waals surface area contributed by atoms with Gasteiger partial charge in [-0.1, -0.05) is 30.7 Å². The van der Waals surface area contributed by atoms with E-state index in [0.29, 0.717) is 16.8 Å². The summed E-state index contributed by atoms with van der Waals surface area (Å²) in [6.45, 7) is 4.87. The number of nitriles is 1. The maximum atomic E-state index is 14.3. The number of hydrogen-bond donors (Lipinski definition) is 1. The molecule has 0 saturated heterocycles. The zero-order valence-electron chi connectivity index (χ0n) is 20.2. The second kappa shape index (κ2) is 11.2. The number of aromatic nitrogens is 1. The number of carbonyl (C=O) groups is 1. The first-order valence-electron chi connectivity index (χ1n) is 11.3. The second-order valence-electron chi connectivity index (χ2n) is 9.04. The number of nitrogens with zero attached hydrogens (tertiary/aromatic N) is 2. The van der Waals surface area contributed by atoms with E-state index in [1.807, 2.05) is 25.1 Å². The zero-order valence-corrected chi connectivity index (χ0v) is 21.0. The SMILES string of the molecule is CC(c1ccc(Cl)cc1)C(CNC(=O)C(C)(C)Oc1ccc(C(F)(F)F)cn1)c1cc(F)cc(C#N)c1. The minimum atomic E-state index is -4.55. The van der Waals surface area contributed by atoms with Crippen LogP contribution in [0.15, 0.2) is 60.8 Å². The first-order chi connectivity index (χ1) is 17.3. The first kappa shape index (κ1) is 27.9. The van der Waals surface area contributed by atoms with E-state index in [2.05, 4.69) is 10.3 Å². The van der Waals surface area contributed by atoms with Gasteiger partial charge in [0.05, 0.1) is 17.2 Å². The van der Waals surface area contributed by atoms with Crippen LogP contribution in [0.3, 0.4) is 0 Å². The van der Waals surface area contributed by atoms with Crippen LogP contribution in [0.4, 0.5) is 17.6 Å². The molecule has 3 rings (SSSR count). The van der Waals surface area contributed by atoms with Crippen molar-refractivity contribution >= 4 is 17.5 Å². The predicted molar refractivity (Wildman–Crippen MR) is 131 cm³/mol. The number of nitrogens with one attached hydrogen (secondary N) is 1. The third kappa shape index (κ3) is 7.20. The largest absolute Gasteiger partial charge is 0.462 e. The Morgan fingerprint density at radius 2 is 1.78 bits per heavy atom. The lowest BCUT2D eigenvalue weighted by Gasteiger charge is -2.29. The van der Waals surface area contributed by atoms with Crippen molar-refractivity contribution in [1.29, 1.82) is 5.26 Å². The molecule has 2 atom stereocenters. The van der Waals surface area contributed by atoms with Gasteiger partial charge in [-0.15, -0.1) is 0 Å². The molecule has 0 radical (unpaired) electrons. The summed E-state index contributed by atoms with van der Waals surface area (Å²) in [5, 5.41) is 12.6. The van der Waals surface area contributed by atoms with E-state index < -0.39 is 35.0 Å². The summed E-state index contributed by atoms with van der Waals surface area (Å²) in [5.41, 5.74) is -0.876. The van der Waals surface area contributed by atoms with Gasteiger partial charge in [-0.05, 0) is 67.3 Å². The zero-order chi connectivity index (χ0) is 27.4. The lowest BCUT2D eigenvalue weighted by molar-refractivity contribution is -0.138. The van der Waals surface area contributed by atoms with Crippen LogP contribution in [0.1, 0.15) is 54.9 Å². The Morgan fingerprint density at radius 3 is 2.35 bits per heavy atom. The molecule has 2 aromatic carbocycles. The average Bonchev–Trinajstić information content (AvgIpc) is 2.83. The molecule has 0 bridgehead atoms. The first-order valence-corrected chi connectivity index (χ1v) is 11.6. The third-order valence-electron chi connectivity index (χ3n) is 5.93. The Balaban J connectivity index is 1.81. The van der Waals surface area contributed by atoms with Crippen LogP contribution in [-0.4, -0.2) is 23.0 Å². The van der Waals surface area contributed by atoms with Gasteiger partial charge < -0.3 is 10.1 Å². The second-order valence-corrected chi connectivity index (χ2v) is 9.47. The van der Waals surface area contributed by atoms with Crippen LogP contribution in [-0.2, 0) is 11.0 Å². The summed E-state index contributed by atoms with van der Waals surface area (Å²) in [5.74, 6) is -1.94. The maximum absolute atomic E-state index is 14.3. The normalized spacial score (nSPS) is 13.4. The topological polar surface area (TPSA) is 75.0 Å². The fourth-order valence-electron chi connectivity index (χ4n) is 3.80. The molecule has 0 spiro atoms. The number of halogens is 5. The smallest absolute Gasteiger partial charge is 0.417 e. The maximum Gasteiger partial charge on any atom is 0.417 e. The number of rotatable bonds is 8. The van der Waals surface area contributed by atoms with Crippen LogP contribution < -0.4 is 10.1 Å². The van der Waals surface area contributed by atoms with Crippen molar-refractivity contribution in [3.8, 4) is 11.9 Å². The molecule has 3 aromatic rings. The fourth-order valence-corrected chi connectivity index (χ4v) is 3.93. The molecule has 0 aliphatic rings. The molecule has 2 unspecified atom stereocenters. The molecule has 37 heavy (non-hydrogen) atoms. The van der Waals surface area contributed by atoms with E-state index in [9.17, 15) is 27.6 Å². The Bertz CT molecular complexity index is 1290. The summed E-state index contributed by atoms with van der Waals surface area (Å²) in [6, 6.07) is 14.9. The lowest BCUT2D eigenvalue weighted by Crippen LogP contribution is -2.48. The number of pyridine rings is 1. The molecule has 10 heteroatoms. The van der Waals surface area contributed by atoms with Gasteiger partial charge >= 0.3 is 6.18 Å². The number of amides is 1. The van der Waals surface area contributed by atoms with E-state index in [1.54, 1.807) is 18.2 Å². The molecule has 0 aliphatic carbocycles. The number of hydrogen-bond acceptors (Lipinski definition) is 4. The summed E-state index contributed by atoms with van der Waals surface area (Å²) >= 11 is 6.01. The summed E-state index contributed by atoms with van der Waals surface area (Å²) in [4.78, 5) is 16.7. The van der Waals surface area contributed by atoms with Crippen molar-refractivity contribution in [1.82, 2.24) is 10.3 Å². The Morgan fingerprint density at radius 1 is 1.11 bits per heavy atom. The van der Waals surface area contributed by atoms with Crippen LogP contribution >= 0.6 is 11.6 Å². The highest BCUT2D eigenvalue weighted by Gasteiger charge is 2.34. The van der Waals surface area contributed by atoms with Crippen molar-refractivity contribution in [3.63, 3.8) is 0 Å². The van der Waals surface area contributed by atoms with E-state index >= 15 is 0 Å². The van der Waals surface area contributed by atoms with Crippen molar-refractivity contribution in [2.24, 2.45) is 0 Å². The molecule has 1 heterocycles. The van der Waals surface area contributed by atoms with Crippen molar-refractivity contribution in [2.75, 3.05) is 6.54 Å². The molecule has 0 aliphatic heterocycles. The highest BCUT2D eigenvalue weighted by Crippen LogP contribution is 2.34. The minimum Gasteiger partial charge on any atom is -0.462 e. The molecule has 0 fully saturated rings. The Labute approximate surface area is 217 Å². The van der Waals surface area contributed by atoms with Crippen molar-refractivity contribution in [3.05, 3.63) is 93.9 Å². The molecule has 1 amide bonds. The Hall–Kier alpha value is -3.64. The molecule has 194 valence electrons. The van der Waals surface area contributed by atoms with Crippen LogP contribution in [0.2, 0.25) is 5.02 Å². The van der Waals surface area contributed by atoms with Gasteiger partial charge in [0.15, 0.2) is 5.60 Å². The van der Waals surface area contributed by atoms with E-state index in [-0.39, 0.29) is 23.9 Å². The van der Waals surface area contributed by atoms with Gasteiger partial charge in [0.2, 0.25) is 5.88 Å². The fraction of sp³-hybridized carbons (Fsp3) is 0.296. The van der Waals surface area contributed by atoms with E-state index in [4.69, 9.17) is 16.3 Å². The van der Waals surface area contributed by atoms with E-state index in [1.165, 1.54) is 19.9 Å². The summed E-state index contributed by atoms with van der Waals surface area (Å²) in [6.07, 6.45) is -3.92. The number of ether oxygens (including phenoxy) is 1. The highest BCUT2D eigenvalue weighted by atomic mass is 35.5. The number of carbonyl (C=O) groups excluding carboxylic acids is 1. The van der Waals surface area contributed by atoms with Crippen LogP contribution in [0, 0.1) is 17.1 Å². The van der Waals surface area contributed by atoms with Gasteiger partial charge in [-0.25, -0.2) is 9.37 Å². The Kier molecular flexibility index (Phi) is 8.44. The number of alkyl halides is 3. The van der Waals surface area contributed by atoms with Gasteiger partial charge in [0.1, 0.15) is 5.82 Å². The molecular weight excluding hydrogens is 510 g/mol. The van der Waals surface area contributed by atoms with Gasteiger partial charge in [-0.2, -0.15) is 18.4 Å². The molecule has 5 nitrogen and oxygen atoms in total. The van der Waals surface area contributed by atoms with Crippen molar-refractivity contribution in [2.45, 2.75) is 44.4 Å². The molecular formula is C27H24ClF4N3O2. The van der Waals surface area contributed by atoms with Crippen LogP contribution in [0.25, 0.3) is 0 Å². The van der Waals surface area contributed by atoms with E-state index in [0.717, 1.165) is 23.8 Å². The number of benzene rings is 2. The average molecular weight is 534 g/mol.